The normalized spacial score (nSPS) is 24.6. The van der Waals surface area contributed by atoms with Crippen molar-refractivity contribution in [1.29, 1.82) is 0 Å². The van der Waals surface area contributed by atoms with Crippen LogP contribution in [0.25, 0.3) is 0 Å². The number of alkyl halides is 3. The number of piperidine rings is 1. The summed E-state index contributed by atoms with van der Waals surface area (Å²) in [6.45, 7) is 3.57. The van der Waals surface area contributed by atoms with E-state index < -0.39 is 6.36 Å². The molecule has 0 aromatic heterocycles. The number of hydrogen-bond acceptors (Lipinski definition) is 6. The number of carbonyl (C=O) groups excluding carboxylic acids is 1. The van der Waals surface area contributed by atoms with E-state index in [9.17, 15) is 28.2 Å². The first-order chi connectivity index (χ1) is 15.7. The van der Waals surface area contributed by atoms with Gasteiger partial charge in [0.15, 0.2) is 0 Å². The number of aliphatic hydroxyl groups is 2. The van der Waals surface area contributed by atoms with Crippen molar-refractivity contribution < 1.29 is 32.9 Å². The Bertz CT molecular complexity index is 816. The number of ether oxygens (including phenoxy) is 1. The molecule has 1 aliphatic carbocycles. The van der Waals surface area contributed by atoms with Gasteiger partial charge in [0, 0.05) is 44.8 Å². The van der Waals surface area contributed by atoms with Crippen LogP contribution in [0.3, 0.4) is 0 Å². The number of aliphatic hydroxyl groups excluding tert-OH is 2. The van der Waals surface area contributed by atoms with Gasteiger partial charge in [-0.25, -0.2) is 0 Å². The zero-order chi connectivity index (χ0) is 23.6. The van der Waals surface area contributed by atoms with E-state index in [4.69, 9.17) is 0 Å². The Morgan fingerprint density at radius 2 is 1.82 bits per heavy atom. The van der Waals surface area contributed by atoms with Crippen LogP contribution in [-0.2, 0) is 4.79 Å². The molecule has 184 valence electrons. The zero-order valence-electron chi connectivity index (χ0n) is 18.6. The Morgan fingerprint density at radius 3 is 2.42 bits per heavy atom. The van der Waals surface area contributed by atoms with E-state index in [2.05, 4.69) is 9.64 Å². The second-order valence-electron chi connectivity index (χ2n) is 9.42. The molecule has 33 heavy (non-hydrogen) atoms. The SMILES string of the molecule is O=C1CCN(c2ccc(OC(F)(F)F)cc2)CCN1[C@H](CO)CCN1CCC2(CC2)[C@H](O)C1. The Labute approximate surface area is 191 Å². The summed E-state index contributed by atoms with van der Waals surface area (Å²) < 4.78 is 41.0. The summed E-state index contributed by atoms with van der Waals surface area (Å²) in [6.07, 6.45) is -0.908. The molecule has 1 amide bonds. The van der Waals surface area contributed by atoms with E-state index in [1.807, 2.05) is 4.90 Å². The van der Waals surface area contributed by atoms with Crippen molar-refractivity contribution in [2.45, 2.75) is 50.6 Å². The Balaban J connectivity index is 1.30. The summed E-state index contributed by atoms with van der Waals surface area (Å²) in [7, 11) is 0. The number of β-amino-alcohol motifs (C(OH)–C–C–N with tert-alkyl or cyclic N) is 1. The summed E-state index contributed by atoms with van der Waals surface area (Å²) in [4.78, 5) is 18.7. The van der Waals surface area contributed by atoms with E-state index >= 15 is 0 Å². The van der Waals surface area contributed by atoms with Crippen LogP contribution in [0.5, 0.6) is 5.75 Å². The maximum atomic E-state index is 12.8. The van der Waals surface area contributed by atoms with E-state index in [0.29, 0.717) is 39.1 Å². The molecule has 1 saturated carbocycles. The van der Waals surface area contributed by atoms with Gasteiger partial charge in [-0.15, -0.1) is 13.2 Å². The van der Waals surface area contributed by atoms with Gasteiger partial charge < -0.3 is 29.6 Å². The van der Waals surface area contributed by atoms with Crippen LogP contribution >= 0.6 is 0 Å². The van der Waals surface area contributed by atoms with Crippen LogP contribution in [0, 0.1) is 5.41 Å². The van der Waals surface area contributed by atoms with Crippen LogP contribution in [0.15, 0.2) is 24.3 Å². The maximum Gasteiger partial charge on any atom is 0.573 e. The van der Waals surface area contributed by atoms with Crippen LogP contribution < -0.4 is 9.64 Å². The highest BCUT2D eigenvalue weighted by Crippen LogP contribution is 2.53. The number of amides is 1. The van der Waals surface area contributed by atoms with Crippen LogP contribution in [0.4, 0.5) is 18.9 Å². The third-order valence-electron chi connectivity index (χ3n) is 7.35. The summed E-state index contributed by atoms with van der Waals surface area (Å²) >= 11 is 0. The summed E-state index contributed by atoms with van der Waals surface area (Å²) in [6, 6.07) is 5.34. The molecule has 0 bridgehead atoms. The van der Waals surface area contributed by atoms with Crippen molar-refractivity contribution in [3.63, 3.8) is 0 Å². The van der Waals surface area contributed by atoms with Crippen LogP contribution in [0.2, 0.25) is 0 Å². The third-order valence-corrected chi connectivity index (χ3v) is 7.35. The number of halogens is 3. The van der Waals surface area contributed by atoms with Crippen molar-refractivity contribution in [2.24, 2.45) is 5.41 Å². The molecule has 1 spiro atoms. The largest absolute Gasteiger partial charge is 0.573 e. The molecule has 2 N–H and O–H groups in total. The lowest BCUT2D eigenvalue weighted by atomic mass is 9.90. The molecule has 2 aliphatic heterocycles. The Kier molecular flexibility index (Phi) is 7.07. The lowest BCUT2D eigenvalue weighted by Gasteiger charge is -2.38. The number of carbonyl (C=O) groups is 1. The standard InChI is InChI=1S/C23H32F3N3O4/c24-23(25,26)33-19-3-1-17(2-4-19)28-11-6-21(32)29(14-13-28)18(16-30)5-10-27-12-9-22(7-8-22)20(31)15-27/h1-4,18,20,30-31H,5-16H2/t18-,20+/m0/s1. The number of benzene rings is 1. The molecule has 0 unspecified atom stereocenters. The van der Waals surface area contributed by atoms with Gasteiger partial charge in [0.1, 0.15) is 5.75 Å². The number of anilines is 1. The van der Waals surface area contributed by atoms with E-state index in [0.717, 1.165) is 31.5 Å². The highest BCUT2D eigenvalue weighted by Gasteiger charge is 2.51. The van der Waals surface area contributed by atoms with Gasteiger partial charge in [0.25, 0.3) is 0 Å². The molecule has 0 radical (unpaired) electrons. The molecule has 3 fully saturated rings. The molecule has 2 heterocycles. The predicted octanol–water partition coefficient (Wildman–Crippen LogP) is 2.22. The van der Waals surface area contributed by atoms with Crippen LogP contribution in [-0.4, -0.2) is 90.3 Å². The topological polar surface area (TPSA) is 76.5 Å². The second-order valence-corrected chi connectivity index (χ2v) is 9.42. The van der Waals surface area contributed by atoms with Gasteiger partial charge in [0.05, 0.1) is 18.8 Å². The number of rotatable bonds is 7. The number of hydrogen-bond donors (Lipinski definition) is 2. The average Bonchev–Trinajstić information content (AvgIpc) is 3.57. The van der Waals surface area contributed by atoms with Crippen molar-refractivity contribution in [3.05, 3.63) is 24.3 Å². The van der Waals surface area contributed by atoms with Crippen molar-refractivity contribution in [3.8, 4) is 5.75 Å². The molecule has 2 saturated heterocycles. The van der Waals surface area contributed by atoms with E-state index in [-0.39, 0.29) is 42.2 Å². The lowest BCUT2D eigenvalue weighted by Crippen LogP contribution is -2.48. The fraction of sp³-hybridized carbons (Fsp3) is 0.696. The highest BCUT2D eigenvalue weighted by molar-refractivity contribution is 5.78. The fourth-order valence-corrected chi connectivity index (χ4v) is 5.04. The van der Waals surface area contributed by atoms with Crippen molar-refractivity contribution in [2.75, 3.05) is 50.8 Å². The summed E-state index contributed by atoms with van der Waals surface area (Å²) in [5.41, 5.74) is 0.866. The molecule has 3 aliphatic rings. The van der Waals surface area contributed by atoms with Gasteiger partial charge >= 0.3 is 6.36 Å². The molecular weight excluding hydrogens is 439 g/mol. The van der Waals surface area contributed by atoms with Crippen LogP contribution in [0.1, 0.15) is 32.1 Å². The molecule has 2 atom stereocenters. The smallest absolute Gasteiger partial charge is 0.406 e. The van der Waals surface area contributed by atoms with E-state index in [1.54, 1.807) is 17.0 Å². The molecule has 10 heteroatoms. The number of nitrogens with zero attached hydrogens (tertiary/aromatic N) is 3. The Morgan fingerprint density at radius 1 is 1.09 bits per heavy atom. The van der Waals surface area contributed by atoms with Gasteiger partial charge in [-0.1, -0.05) is 0 Å². The average molecular weight is 472 g/mol. The molecule has 1 aromatic carbocycles. The minimum Gasteiger partial charge on any atom is -0.406 e. The van der Waals surface area contributed by atoms with Crippen molar-refractivity contribution in [1.82, 2.24) is 9.80 Å². The molecular formula is C23H32F3N3O4. The first kappa shape index (κ1) is 24.1. The minimum atomic E-state index is -4.73. The molecule has 4 rings (SSSR count). The number of likely N-dealkylation sites (tertiary alicyclic amines) is 1. The zero-order valence-corrected chi connectivity index (χ0v) is 18.6. The second kappa shape index (κ2) is 9.68. The highest BCUT2D eigenvalue weighted by atomic mass is 19.4. The van der Waals surface area contributed by atoms with Crippen molar-refractivity contribution >= 4 is 11.6 Å². The van der Waals surface area contributed by atoms with E-state index in [1.165, 1.54) is 12.1 Å². The minimum absolute atomic E-state index is 0.0378. The van der Waals surface area contributed by atoms with Gasteiger partial charge in [0.2, 0.25) is 5.91 Å². The molecule has 7 nitrogen and oxygen atoms in total. The summed E-state index contributed by atoms with van der Waals surface area (Å²) in [5, 5.41) is 20.4. The fourth-order valence-electron chi connectivity index (χ4n) is 5.04. The quantitative estimate of drug-likeness (QED) is 0.635. The van der Waals surface area contributed by atoms with Gasteiger partial charge in [-0.3, -0.25) is 4.79 Å². The molecule has 1 aromatic rings. The predicted molar refractivity (Wildman–Crippen MR) is 116 cm³/mol. The summed E-state index contributed by atoms with van der Waals surface area (Å²) in [5.74, 6) is -0.321. The lowest BCUT2D eigenvalue weighted by molar-refractivity contribution is -0.274. The Hall–Kier alpha value is -2.04. The first-order valence-corrected chi connectivity index (χ1v) is 11.6. The third kappa shape index (κ3) is 5.91. The maximum absolute atomic E-state index is 12.8. The van der Waals surface area contributed by atoms with Gasteiger partial charge in [-0.2, -0.15) is 0 Å². The first-order valence-electron chi connectivity index (χ1n) is 11.6. The monoisotopic (exact) mass is 471 g/mol. The van der Waals surface area contributed by atoms with Gasteiger partial charge in [-0.05, 0) is 61.9 Å².